The number of methoxy groups -OCH3 is 1. The third kappa shape index (κ3) is 3.06. The Labute approximate surface area is 126 Å². The smallest absolute Gasteiger partial charge is 0.120 e. The Hall–Kier alpha value is -1.52. The highest BCUT2D eigenvalue weighted by Crippen LogP contribution is 2.28. The van der Waals surface area contributed by atoms with Crippen LogP contribution in [0.4, 0.5) is 0 Å². The van der Waals surface area contributed by atoms with Crippen LogP contribution in [0.5, 0.6) is 5.75 Å². The normalized spacial score (nSPS) is 16.2. The van der Waals surface area contributed by atoms with Crippen LogP contribution in [-0.2, 0) is 12.8 Å². The first-order valence-electron chi connectivity index (χ1n) is 7.72. The van der Waals surface area contributed by atoms with E-state index in [-0.39, 0.29) is 0 Å². The van der Waals surface area contributed by atoms with Gasteiger partial charge in [0.15, 0.2) is 0 Å². The van der Waals surface area contributed by atoms with Crippen molar-refractivity contribution >= 4 is 10.9 Å². The predicted molar refractivity (Wildman–Crippen MR) is 87.3 cm³/mol. The number of nitrogens with one attached hydrogen (secondary N) is 1. The quantitative estimate of drug-likeness (QED) is 0.935. The van der Waals surface area contributed by atoms with Gasteiger partial charge in [-0.15, -0.1) is 0 Å². The highest BCUT2D eigenvalue weighted by atomic mass is 16.5. The Balaban J connectivity index is 1.78. The zero-order valence-electron chi connectivity index (χ0n) is 13.3. The molecule has 0 saturated carbocycles. The number of benzene rings is 1. The van der Waals surface area contributed by atoms with E-state index in [4.69, 9.17) is 4.74 Å². The number of aromatic nitrogens is 1. The standard InChI is InChI=1S/C17H25N3O/c1-19(2)10-11-20-8-6-15-14-5-4-13(21-3)12-17(14)18-16(15)7-9-20/h4-5,12,18H,6-11H2,1-3H3. The van der Waals surface area contributed by atoms with E-state index < -0.39 is 0 Å². The molecule has 2 aromatic rings. The van der Waals surface area contributed by atoms with E-state index in [1.165, 1.54) is 22.2 Å². The lowest BCUT2D eigenvalue weighted by Crippen LogP contribution is -2.33. The molecule has 1 aromatic carbocycles. The molecule has 0 atom stereocenters. The van der Waals surface area contributed by atoms with Gasteiger partial charge >= 0.3 is 0 Å². The van der Waals surface area contributed by atoms with E-state index in [0.29, 0.717) is 0 Å². The summed E-state index contributed by atoms with van der Waals surface area (Å²) < 4.78 is 5.32. The van der Waals surface area contributed by atoms with Crippen molar-refractivity contribution in [2.75, 3.05) is 47.4 Å². The molecule has 114 valence electrons. The topological polar surface area (TPSA) is 31.5 Å². The molecular formula is C17H25N3O. The molecule has 1 aliphatic rings. The van der Waals surface area contributed by atoms with Gasteiger partial charge in [0.1, 0.15) is 5.75 Å². The van der Waals surface area contributed by atoms with Gasteiger partial charge in [-0.05, 0) is 38.2 Å². The van der Waals surface area contributed by atoms with Crippen molar-refractivity contribution in [2.24, 2.45) is 0 Å². The van der Waals surface area contributed by atoms with E-state index in [1.54, 1.807) is 7.11 Å². The molecule has 1 N–H and O–H groups in total. The molecule has 21 heavy (non-hydrogen) atoms. The van der Waals surface area contributed by atoms with Crippen LogP contribution < -0.4 is 4.74 Å². The van der Waals surface area contributed by atoms with Gasteiger partial charge in [0.05, 0.1) is 7.11 Å². The molecule has 4 nitrogen and oxygen atoms in total. The molecule has 0 fully saturated rings. The van der Waals surface area contributed by atoms with E-state index in [1.807, 2.05) is 0 Å². The van der Waals surface area contributed by atoms with Crippen LogP contribution in [0.2, 0.25) is 0 Å². The highest BCUT2D eigenvalue weighted by Gasteiger charge is 2.18. The molecular weight excluding hydrogens is 262 g/mol. The lowest BCUT2D eigenvalue weighted by molar-refractivity contribution is 0.250. The van der Waals surface area contributed by atoms with Crippen molar-refractivity contribution in [1.29, 1.82) is 0 Å². The maximum Gasteiger partial charge on any atom is 0.120 e. The van der Waals surface area contributed by atoms with Crippen LogP contribution in [0.15, 0.2) is 18.2 Å². The summed E-state index contributed by atoms with van der Waals surface area (Å²) in [6.07, 6.45) is 2.24. The summed E-state index contributed by atoms with van der Waals surface area (Å²) in [7, 11) is 6.00. The van der Waals surface area contributed by atoms with Crippen molar-refractivity contribution in [2.45, 2.75) is 12.8 Å². The number of hydrogen-bond acceptors (Lipinski definition) is 3. The summed E-state index contributed by atoms with van der Waals surface area (Å²) in [6, 6.07) is 6.36. The van der Waals surface area contributed by atoms with Gasteiger partial charge in [0.2, 0.25) is 0 Å². The molecule has 3 rings (SSSR count). The second-order valence-electron chi connectivity index (χ2n) is 6.14. The summed E-state index contributed by atoms with van der Waals surface area (Å²) in [5.74, 6) is 0.923. The van der Waals surface area contributed by atoms with Gasteiger partial charge in [-0.2, -0.15) is 0 Å². The Bertz CT molecular complexity index is 618. The zero-order valence-corrected chi connectivity index (χ0v) is 13.3. The molecule has 1 aliphatic heterocycles. The van der Waals surface area contributed by atoms with Crippen LogP contribution in [-0.4, -0.2) is 62.2 Å². The van der Waals surface area contributed by atoms with Gasteiger partial charge in [-0.3, -0.25) is 0 Å². The minimum absolute atomic E-state index is 0.923. The lowest BCUT2D eigenvalue weighted by Gasteiger charge is -2.21. The SMILES string of the molecule is COc1ccc2c3c([nH]c2c1)CCN(CCN(C)C)CC3. The van der Waals surface area contributed by atoms with Crippen molar-refractivity contribution < 1.29 is 4.74 Å². The third-order valence-corrected chi connectivity index (χ3v) is 4.42. The second-order valence-corrected chi connectivity index (χ2v) is 6.14. The average molecular weight is 287 g/mol. The Kier molecular flexibility index (Phi) is 4.17. The van der Waals surface area contributed by atoms with Gasteiger partial charge in [0, 0.05) is 55.3 Å². The largest absolute Gasteiger partial charge is 0.497 e. The van der Waals surface area contributed by atoms with Crippen LogP contribution in [0.3, 0.4) is 0 Å². The third-order valence-electron chi connectivity index (χ3n) is 4.42. The minimum atomic E-state index is 0.923. The number of nitrogens with zero attached hydrogens (tertiary/aromatic N) is 2. The molecule has 4 heteroatoms. The monoisotopic (exact) mass is 287 g/mol. The van der Waals surface area contributed by atoms with E-state index in [9.17, 15) is 0 Å². The summed E-state index contributed by atoms with van der Waals surface area (Å²) in [5, 5.41) is 1.36. The Morgan fingerprint density at radius 2 is 2.05 bits per heavy atom. The number of hydrogen-bond donors (Lipinski definition) is 1. The first kappa shape index (κ1) is 14.4. The molecule has 0 saturated heterocycles. The summed E-state index contributed by atoms with van der Waals surface area (Å²) >= 11 is 0. The average Bonchev–Trinajstić information content (AvgIpc) is 2.70. The molecule has 2 heterocycles. The highest BCUT2D eigenvalue weighted by molar-refractivity contribution is 5.86. The van der Waals surface area contributed by atoms with Crippen LogP contribution >= 0.6 is 0 Å². The molecule has 0 bridgehead atoms. The molecule has 1 aromatic heterocycles. The molecule has 0 spiro atoms. The summed E-state index contributed by atoms with van der Waals surface area (Å²) in [6.45, 7) is 4.58. The summed E-state index contributed by atoms with van der Waals surface area (Å²) in [4.78, 5) is 8.43. The fourth-order valence-corrected chi connectivity index (χ4v) is 3.13. The second kappa shape index (κ2) is 6.08. The van der Waals surface area contributed by atoms with E-state index in [0.717, 1.165) is 44.8 Å². The van der Waals surface area contributed by atoms with Crippen LogP contribution in [0, 0.1) is 0 Å². The Morgan fingerprint density at radius 1 is 1.24 bits per heavy atom. The van der Waals surface area contributed by atoms with Crippen molar-refractivity contribution in [3.8, 4) is 5.75 Å². The van der Waals surface area contributed by atoms with E-state index >= 15 is 0 Å². The number of H-pyrrole nitrogens is 1. The zero-order chi connectivity index (χ0) is 14.8. The van der Waals surface area contributed by atoms with Gasteiger partial charge < -0.3 is 19.5 Å². The summed E-state index contributed by atoms with van der Waals surface area (Å²) in [5.41, 5.74) is 4.12. The van der Waals surface area contributed by atoms with E-state index in [2.05, 4.69) is 47.1 Å². The van der Waals surface area contributed by atoms with Gasteiger partial charge in [0.25, 0.3) is 0 Å². The molecule has 0 unspecified atom stereocenters. The number of rotatable bonds is 4. The lowest BCUT2D eigenvalue weighted by atomic mass is 10.1. The Morgan fingerprint density at radius 3 is 2.81 bits per heavy atom. The fraction of sp³-hybridized carbons (Fsp3) is 0.529. The fourth-order valence-electron chi connectivity index (χ4n) is 3.13. The van der Waals surface area contributed by atoms with Crippen molar-refractivity contribution in [3.63, 3.8) is 0 Å². The minimum Gasteiger partial charge on any atom is -0.497 e. The number of likely N-dealkylation sites (N-methyl/N-ethyl adjacent to an activating group) is 1. The number of fused-ring (bicyclic) bond motifs is 3. The predicted octanol–water partition coefficient (Wildman–Crippen LogP) is 2.14. The molecule has 0 amide bonds. The number of ether oxygens (including phenoxy) is 1. The van der Waals surface area contributed by atoms with Crippen LogP contribution in [0.25, 0.3) is 10.9 Å². The van der Waals surface area contributed by atoms with Gasteiger partial charge in [-0.1, -0.05) is 0 Å². The first-order valence-corrected chi connectivity index (χ1v) is 7.72. The van der Waals surface area contributed by atoms with Crippen molar-refractivity contribution in [3.05, 3.63) is 29.5 Å². The van der Waals surface area contributed by atoms with Crippen molar-refractivity contribution in [1.82, 2.24) is 14.8 Å². The maximum absolute atomic E-state index is 5.32. The molecule has 0 aliphatic carbocycles. The maximum atomic E-state index is 5.32. The van der Waals surface area contributed by atoms with Crippen LogP contribution in [0.1, 0.15) is 11.3 Å². The van der Waals surface area contributed by atoms with Gasteiger partial charge in [-0.25, -0.2) is 0 Å². The number of aromatic amines is 1. The first-order chi connectivity index (χ1) is 10.2. The molecule has 0 radical (unpaired) electrons.